The molecule has 0 bridgehead atoms. The zero-order chi connectivity index (χ0) is 11.8. The average Bonchev–Trinajstić information content (AvgIpc) is 2.72. The van der Waals surface area contributed by atoms with Gasteiger partial charge in [-0.1, -0.05) is 6.58 Å². The molecule has 2 aliphatic rings. The minimum atomic E-state index is -0.644. The first-order chi connectivity index (χ1) is 8.24. The fourth-order valence-corrected chi connectivity index (χ4v) is 1.88. The summed E-state index contributed by atoms with van der Waals surface area (Å²) in [6.45, 7) is 3.96. The Balaban J connectivity index is 1.84. The molecular weight excluding hydrogens is 220 g/mol. The van der Waals surface area contributed by atoms with E-state index in [4.69, 9.17) is 4.74 Å². The van der Waals surface area contributed by atoms with Crippen molar-refractivity contribution >= 4 is 17.3 Å². The predicted octanol–water partition coefficient (Wildman–Crippen LogP) is 0.134. The monoisotopic (exact) mass is 230 g/mol. The molecule has 6 nitrogen and oxygen atoms in total. The minimum absolute atomic E-state index is 0.222. The van der Waals surface area contributed by atoms with E-state index in [1.807, 2.05) is 0 Å². The van der Waals surface area contributed by atoms with E-state index >= 15 is 0 Å². The number of rotatable bonds is 1. The number of morpholine rings is 1. The summed E-state index contributed by atoms with van der Waals surface area (Å²) in [7, 11) is 0. The van der Waals surface area contributed by atoms with Crippen molar-refractivity contribution in [3.8, 4) is 0 Å². The van der Waals surface area contributed by atoms with Crippen LogP contribution in [0.15, 0.2) is 29.5 Å². The van der Waals surface area contributed by atoms with E-state index in [0.717, 1.165) is 11.4 Å². The van der Waals surface area contributed by atoms with Gasteiger partial charge in [-0.05, 0) is 6.07 Å². The molecule has 0 aliphatic carbocycles. The van der Waals surface area contributed by atoms with Crippen molar-refractivity contribution in [2.45, 2.75) is 12.5 Å². The quantitative estimate of drug-likeness (QED) is 0.744. The summed E-state index contributed by atoms with van der Waals surface area (Å²) in [6, 6.07) is 1.77. The molecule has 1 unspecified atom stereocenters. The van der Waals surface area contributed by atoms with E-state index < -0.39 is 6.10 Å². The first-order valence-electron chi connectivity index (χ1n) is 5.22. The van der Waals surface area contributed by atoms with Gasteiger partial charge in [-0.15, -0.1) is 0 Å². The highest BCUT2D eigenvalue weighted by molar-refractivity contribution is 6.11. The zero-order valence-electron chi connectivity index (χ0n) is 9.01. The summed E-state index contributed by atoms with van der Waals surface area (Å²) < 4.78 is 5.43. The first kappa shape index (κ1) is 10.1. The Morgan fingerprint density at radius 3 is 3.18 bits per heavy atom. The third-order valence-electron chi connectivity index (χ3n) is 2.65. The smallest absolute Gasteiger partial charge is 0.259 e. The Morgan fingerprint density at radius 1 is 1.53 bits per heavy atom. The van der Waals surface area contributed by atoms with E-state index in [2.05, 4.69) is 27.1 Å². The Kier molecular flexibility index (Phi) is 2.22. The standard InChI is InChI=1S/C11H10N4O2/c1-6-5-17-10(11(16)13-6)9-4-8-7(14-9)2-3-12-15-8/h2-3,10H,1,4-5H2,(H,13,16). The number of fused-ring (bicyclic) bond motifs is 1. The second-order valence-corrected chi connectivity index (χ2v) is 3.93. The molecule has 0 aromatic carbocycles. The number of nitrogens with one attached hydrogen (secondary N) is 1. The van der Waals surface area contributed by atoms with Crippen LogP contribution in [0.3, 0.4) is 0 Å². The van der Waals surface area contributed by atoms with Gasteiger partial charge < -0.3 is 10.1 Å². The normalized spacial score (nSPS) is 23.1. The van der Waals surface area contributed by atoms with Crippen LogP contribution in [-0.2, 0) is 16.0 Å². The summed E-state index contributed by atoms with van der Waals surface area (Å²) in [5, 5.41) is 10.4. The molecule has 3 heterocycles. The lowest BCUT2D eigenvalue weighted by Crippen LogP contribution is -2.47. The molecule has 1 aromatic rings. The van der Waals surface area contributed by atoms with Gasteiger partial charge in [-0.2, -0.15) is 10.2 Å². The van der Waals surface area contributed by atoms with E-state index in [0.29, 0.717) is 24.4 Å². The molecule has 6 heteroatoms. The van der Waals surface area contributed by atoms with Gasteiger partial charge in [-0.3, -0.25) is 9.79 Å². The summed E-state index contributed by atoms with van der Waals surface area (Å²) in [4.78, 5) is 16.1. The van der Waals surface area contributed by atoms with Crippen LogP contribution in [0.25, 0.3) is 0 Å². The van der Waals surface area contributed by atoms with Gasteiger partial charge in [-0.25, -0.2) is 0 Å². The van der Waals surface area contributed by atoms with Gasteiger partial charge in [0.2, 0.25) is 0 Å². The van der Waals surface area contributed by atoms with Gasteiger partial charge in [0.05, 0.1) is 29.9 Å². The molecule has 0 spiro atoms. The van der Waals surface area contributed by atoms with E-state index in [1.165, 1.54) is 0 Å². The number of nitrogens with zero attached hydrogens (tertiary/aromatic N) is 3. The maximum Gasteiger partial charge on any atom is 0.259 e. The van der Waals surface area contributed by atoms with Crippen molar-refractivity contribution in [1.29, 1.82) is 0 Å². The van der Waals surface area contributed by atoms with Crippen molar-refractivity contribution in [1.82, 2.24) is 15.5 Å². The van der Waals surface area contributed by atoms with Gasteiger partial charge in [0, 0.05) is 12.1 Å². The molecule has 86 valence electrons. The molecule has 1 aromatic heterocycles. The third-order valence-corrected chi connectivity index (χ3v) is 2.65. The molecule has 3 rings (SSSR count). The third kappa shape index (κ3) is 1.72. The molecule has 1 N–H and O–H groups in total. The highest BCUT2D eigenvalue weighted by atomic mass is 16.5. The predicted molar refractivity (Wildman–Crippen MR) is 59.9 cm³/mol. The number of aromatic nitrogens is 2. The topological polar surface area (TPSA) is 76.5 Å². The van der Waals surface area contributed by atoms with Crippen LogP contribution in [0, 0.1) is 0 Å². The molecule has 1 amide bonds. The summed E-state index contributed by atoms with van der Waals surface area (Å²) in [6.07, 6.45) is 1.44. The van der Waals surface area contributed by atoms with Crippen LogP contribution in [0.5, 0.6) is 0 Å². The Morgan fingerprint density at radius 2 is 2.41 bits per heavy atom. The van der Waals surface area contributed by atoms with Gasteiger partial charge in [0.1, 0.15) is 0 Å². The number of ether oxygens (including phenoxy) is 1. The lowest BCUT2D eigenvalue weighted by Gasteiger charge is -2.23. The maximum absolute atomic E-state index is 11.7. The van der Waals surface area contributed by atoms with Crippen LogP contribution in [0.2, 0.25) is 0 Å². The maximum atomic E-state index is 11.7. The largest absolute Gasteiger partial charge is 0.356 e. The lowest BCUT2D eigenvalue weighted by molar-refractivity contribution is -0.130. The van der Waals surface area contributed by atoms with Gasteiger partial charge in [0.15, 0.2) is 6.10 Å². The van der Waals surface area contributed by atoms with Crippen LogP contribution in [0.4, 0.5) is 5.69 Å². The molecule has 1 atom stereocenters. The summed E-state index contributed by atoms with van der Waals surface area (Å²) >= 11 is 0. The number of aliphatic imine (C=N–C) groups is 1. The van der Waals surface area contributed by atoms with Gasteiger partial charge in [0.25, 0.3) is 5.91 Å². The number of hydrogen-bond donors (Lipinski definition) is 1. The van der Waals surface area contributed by atoms with Crippen molar-refractivity contribution in [2.75, 3.05) is 6.61 Å². The molecule has 17 heavy (non-hydrogen) atoms. The molecular formula is C11H10N4O2. The van der Waals surface area contributed by atoms with Crippen LogP contribution < -0.4 is 5.32 Å². The Labute approximate surface area is 97.4 Å². The van der Waals surface area contributed by atoms with E-state index in [1.54, 1.807) is 12.3 Å². The zero-order valence-corrected chi connectivity index (χ0v) is 9.01. The second kappa shape index (κ2) is 3.74. The fourth-order valence-electron chi connectivity index (χ4n) is 1.88. The average molecular weight is 230 g/mol. The van der Waals surface area contributed by atoms with Crippen LogP contribution in [0.1, 0.15) is 5.69 Å². The van der Waals surface area contributed by atoms with E-state index in [9.17, 15) is 4.79 Å². The molecule has 1 fully saturated rings. The van der Waals surface area contributed by atoms with Gasteiger partial charge >= 0.3 is 0 Å². The van der Waals surface area contributed by atoms with Crippen molar-refractivity contribution in [3.63, 3.8) is 0 Å². The number of carbonyl (C=O) groups excluding carboxylic acids is 1. The summed E-state index contributed by atoms with van der Waals surface area (Å²) in [5.74, 6) is -0.222. The SMILES string of the molecule is C=C1COC(C2=Nc3ccnnc3C2)C(=O)N1. The van der Waals surface area contributed by atoms with Crippen LogP contribution in [-0.4, -0.2) is 34.5 Å². The molecule has 0 saturated carbocycles. The molecule has 1 saturated heterocycles. The van der Waals surface area contributed by atoms with Crippen molar-refractivity contribution < 1.29 is 9.53 Å². The summed E-state index contributed by atoms with van der Waals surface area (Å²) in [5.41, 5.74) is 2.78. The second-order valence-electron chi connectivity index (χ2n) is 3.93. The van der Waals surface area contributed by atoms with Crippen LogP contribution >= 0.6 is 0 Å². The Bertz CT molecular complexity index is 538. The molecule has 2 aliphatic heterocycles. The highest BCUT2D eigenvalue weighted by Gasteiger charge is 2.32. The fraction of sp³-hybridized carbons (Fsp3) is 0.273. The lowest BCUT2D eigenvalue weighted by atomic mass is 10.1. The Hall–Kier alpha value is -2.08. The number of hydrogen-bond acceptors (Lipinski definition) is 5. The van der Waals surface area contributed by atoms with E-state index in [-0.39, 0.29) is 5.91 Å². The van der Waals surface area contributed by atoms with Crippen molar-refractivity contribution in [2.24, 2.45) is 4.99 Å². The molecule has 0 radical (unpaired) electrons. The van der Waals surface area contributed by atoms with Crippen molar-refractivity contribution in [3.05, 3.63) is 30.2 Å². The highest BCUT2D eigenvalue weighted by Crippen LogP contribution is 2.25. The number of amides is 1. The number of carbonyl (C=O) groups is 1. The minimum Gasteiger partial charge on any atom is -0.356 e. The first-order valence-corrected chi connectivity index (χ1v) is 5.22.